The first-order valence-corrected chi connectivity index (χ1v) is 6.48. The Bertz CT molecular complexity index is 335. The van der Waals surface area contributed by atoms with E-state index in [0.717, 1.165) is 12.3 Å². The van der Waals surface area contributed by atoms with E-state index in [1.807, 2.05) is 12.1 Å². The lowest BCUT2D eigenvalue weighted by atomic mass is 9.86. The van der Waals surface area contributed by atoms with Crippen LogP contribution in [0.2, 0.25) is 0 Å². The molecule has 0 bridgehead atoms. The highest BCUT2D eigenvalue weighted by Crippen LogP contribution is 2.30. The Kier molecular flexibility index (Phi) is 5.49. The van der Waals surface area contributed by atoms with Gasteiger partial charge in [0.2, 0.25) is 0 Å². The molecule has 2 heteroatoms. The Balaban J connectivity index is 2.96. The summed E-state index contributed by atoms with van der Waals surface area (Å²) in [6.07, 6.45) is 0. The molecule has 0 aliphatic heterocycles. The van der Waals surface area contributed by atoms with E-state index < -0.39 is 0 Å². The van der Waals surface area contributed by atoms with Crippen molar-refractivity contribution in [2.45, 2.75) is 39.7 Å². The normalized spacial score (nSPS) is 14.7. The molecular weight excluding hydrogens is 210 g/mol. The van der Waals surface area contributed by atoms with Crippen LogP contribution < -0.4 is 10.1 Å². The van der Waals surface area contributed by atoms with Crippen LogP contribution in [0.25, 0.3) is 0 Å². The third-order valence-electron chi connectivity index (χ3n) is 3.33. The maximum Gasteiger partial charge on any atom is 0.122 e. The number of para-hydroxylation sites is 1. The van der Waals surface area contributed by atoms with Crippen molar-refractivity contribution in [2.75, 3.05) is 13.7 Å². The van der Waals surface area contributed by atoms with Gasteiger partial charge in [0.1, 0.15) is 5.75 Å². The minimum atomic E-state index is 0.450. The van der Waals surface area contributed by atoms with Crippen LogP contribution in [0.5, 0.6) is 5.75 Å². The van der Waals surface area contributed by atoms with Crippen molar-refractivity contribution < 1.29 is 4.74 Å². The number of methoxy groups -OCH3 is 1. The zero-order valence-electron chi connectivity index (χ0n) is 11.7. The van der Waals surface area contributed by atoms with Crippen molar-refractivity contribution in [3.8, 4) is 5.75 Å². The summed E-state index contributed by atoms with van der Waals surface area (Å²) in [5.74, 6) is 2.05. The third kappa shape index (κ3) is 3.47. The lowest BCUT2D eigenvalue weighted by molar-refractivity contribution is 0.346. The van der Waals surface area contributed by atoms with Gasteiger partial charge in [-0.25, -0.2) is 0 Å². The molecule has 17 heavy (non-hydrogen) atoms. The van der Waals surface area contributed by atoms with Crippen LogP contribution in [0.15, 0.2) is 24.3 Å². The van der Waals surface area contributed by atoms with Gasteiger partial charge in [-0.05, 0) is 24.1 Å². The summed E-state index contributed by atoms with van der Waals surface area (Å²) in [6.45, 7) is 9.95. The van der Waals surface area contributed by atoms with Gasteiger partial charge in [-0.3, -0.25) is 0 Å². The molecule has 0 radical (unpaired) electrons. The zero-order valence-corrected chi connectivity index (χ0v) is 11.7. The first kappa shape index (κ1) is 14.0. The van der Waals surface area contributed by atoms with Crippen LogP contribution in [0.3, 0.4) is 0 Å². The SMILES string of the molecule is CCNC(C(C)C)C(C)c1ccccc1OC. The second kappa shape index (κ2) is 6.65. The number of ether oxygens (including phenoxy) is 1. The topological polar surface area (TPSA) is 21.3 Å². The third-order valence-corrected chi connectivity index (χ3v) is 3.33. The average molecular weight is 235 g/mol. The van der Waals surface area contributed by atoms with Crippen molar-refractivity contribution >= 4 is 0 Å². The molecule has 0 spiro atoms. The van der Waals surface area contributed by atoms with E-state index in [-0.39, 0.29) is 0 Å². The van der Waals surface area contributed by atoms with Gasteiger partial charge in [-0.2, -0.15) is 0 Å². The fourth-order valence-electron chi connectivity index (χ4n) is 2.46. The number of hydrogen-bond acceptors (Lipinski definition) is 2. The van der Waals surface area contributed by atoms with Gasteiger partial charge in [-0.1, -0.05) is 45.9 Å². The van der Waals surface area contributed by atoms with Gasteiger partial charge in [-0.15, -0.1) is 0 Å². The lowest BCUT2D eigenvalue weighted by Crippen LogP contribution is -2.38. The summed E-state index contributed by atoms with van der Waals surface area (Å²) in [7, 11) is 1.74. The fraction of sp³-hybridized carbons (Fsp3) is 0.600. The van der Waals surface area contributed by atoms with Crippen molar-refractivity contribution in [3.63, 3.8) is 0 Å². The van der Waals surface area contributed by atoms with E-state index in [0.29, 0.717) is 17.9 Å². The molecule has 2 atom stereocenters. The average Bonchev–Trinajstić information content (AvgIpc) is 2.34. The maximum atomic E-state index is 5.45. The van der Waals surface area contributed by atoms with E-state index in [9.17, 15) is 0 Å². The van der Waals surface area contributed by atoms with Gasteiger partial charge < -0.3 is 10.1 Å². The first-order valence-electron chi connectivity index (χ1n) is 6.48. The Labute approximate surface area is 105 Å². The van der Waals surface area contributed by atoms with E-state index >= 15 is 0 Å². The quantitative estimate of drug-likeness (QED) is 0.815. The van der Waals surface area contributed by atoms with Crippen molar-refractivity contribution in [2.24, 2.45) is 5.92 Å². The van der Waals surface area contributed by atoms with Crippen LogP contribution in [-0.4, -0.2) is 19.7 Å². The van der Waals surface area contributed by atoms with Crippen molar-refractivity contribution in [1.29, 1.82) is 0 Å². The standard InChI is InChI=1S/C15H25NO/c1-6-16-15(11(2)3)12(4)13-9-7-8-10-14(13)17-5/h7-12,15-16H,6H2,1-5H3. The van der Waals surface area contributed by atoms with E-state index in [4.69, 9.17) is 4.74 Å². The highest BCUT2D eigenvalue weighted by Gasteiger charge is 2.23. The monoisotopic (exact) mass is 235 g/mol. The second-order valence-corrected chi connectivity index (χ2v) is 4.86. The Morgan fingerprint density at radius 1 is 1.18 bits per heavy atom. The Morgan fingerprint density at radius 3 is 2.35 bits per heavy atom. The fourth-order valence-corrected chi connectivity index (χ4v) is 2.46. The summed E-state index contributed by atoms with van der Waals surface area (Å²) < 4.78 is 5.45. The molecule has 0 saturated carbocycles. The molecule has 0 heterocycles. The molecule has 0 saturated heterocycles. The maximum absolute atomic E-state index is 5.45. The van der Waals surface area contributed by atoms with Gasteiger partial charge in [0, 0.05) is 12.0 Å². The molecule has 1 rings (SSSR count). The molecule has 2 nitrogen and oxygen atoms in total. The summed E-state index contributed by atoms with van der Waals surface area (Å²) in [5.41, 5.74) is 1.29. The summed E-state index contributed by atoms with van der Waals surface area (Å²) in [5, 5.41) is 3.58. The number of nitrogens with one attached hydrogen (secondary N) is 1. The molecule has 0 aromatic heterocycles. The second-order valence-electron chi connectivity index (χ2n) is 4.86. The van der Waals surface area contributed by atoms with Gasteiger partial charge in [0.05, 0.1) is 7.11 Å². The van der Waals surface area contributed by atoms with Gasteiger partial charge in [0.25, 0.3) is 0 Å². The van der Waals surface area contributed by atoms with Crippen molar-refractivity contribution in [1.82, 2.24) is 5.32 Å². The number of benzene rings is 1. The lowest BCUT2D eigenvalue weighted by Gasteiger charge is -2.29. The number of rotatable bonds is 6. The van der Waals surface area contributed by atoms with E-state index in [2.05, 4.69) is 45.1 Å². The molecular formula is C15H25NO. The smallest absolute Gasteiger partial charge is 0.122 e. The minimum Gasteiger partial charge on any atom is -0.496 e. The van der Waals surface area contributed by atoms with Crippen LogP contribution in [-0.2, 0) is 0 Å². The zero-order chi connectivity index (χ0) is 12.8. The Hall–Kier alpha value is -1.02. The van der Waals surface area contributed by atoms with E-state index in [1.54, 1.807) is 7.11 Å². The van der Waals surface area contributed by atoms with Gasteiger partial charge in [0.15, 0.2) is 0 Å². The molecule has 1 N–H and O–H groups in total. The molecule has 96 valence electrons. The minimum absolute atomic E-state index is 0.450. The highest BCUT2D eigenvalue weighted by molar-refractivity contribution is 5.36. The predicted octanol–water partition coefficient (Wildman–Crippen LogP) is 3.43. The molecule has 0 aliphatic carbocycles. The Morgan fingerprint density at radius 2 is 1.82 bits per heavy atom. The molecule has 1 aromatic carbocycles. The number of hydrogen-bond donors (Lipinski definition) is 1. The largest absolute Gasteiger partial charge is 0.496 e. The molecule has 0 amide bonds. The number of likely N-dealkylation sites (N-methyl/N-ethyl adjacent to an activating group) is 1. The van der Waals surface area contributed by atoms with Crippen LogP contribution in [0.4, 0.5) is 0 Å². The predicted molar refractivity (Wildman–Crippen MR) is 73.7 cm³/mol. The van der Waals surface area contributed by atoms with Crippen molar-refractivity contribution in [3.05, 3.63) is 29.8 Å². The van der Waals surface area contributed by atoms with E-state index in [1.165, 1.54) is 5.56 Å². The summed E-state index contributed by atoms with van der Waals surface area (Å²) in [4.78, 5) is 0. The van der Waals surface area contributed by atoms with Gasteiger partial charge >= 0.3 is 0 Å². The van der Waals surface area contributed by atoms with Crippen LogP contribution in [0, 0.1) is 5.92 Å². The first-order chi connectivity index (χ1) is 8.11. The summed E-state index contributed by atoms with van der Waals surface area (Å²) in [6, 6.07) is 8.78. The molecule has 0 aliphatic rings. The molecule has 1 aromatic rings. The summed E-state index contributed by atoms with van der Waals surface area (Å²) >= 11 is 0. The van der Waals surface area contributed by atoms with Crippen LogP contribution in [0.1, 0.15) is 39.2 Å². The molecule has 0 fully saturated rings. The van der Waals surface area contributed by atoms with Crippen LogP contribution >= 0.6 is 0 Å². The highest BCUT2D eigenvalue weighted by atomic mass is 16.5. The molecule has 2 unspecified atom stereocenters.